The number of rotatable bonds is 1. The lowest BCUT2D eigenvalue weighted by molar-refractivity contribution is 0.0769. The fourth-order valence-corrected chi connectivity index (χ4v) is 1.85. The fraction of sp³-hybridized carbons (Fsp3) is 0.333. The van der Waals surface area contributed by atoms with E-state index >= 15 is 0 Å². The third-order valence-electron chi connectivity index (χ3n) is 2.72. The van der Waals surface area contributed by atoms with E-state index in [4.69, 9.17) is 11.6 Å². The highest BCUT2D eigenvalue weighted by Crippen LogP contribution is 2.18. The van der Waals surface area contributed by atoms with Gasteiger partial charge < -0.3 is 4.90 Å². The van der Waals surface area contributed by atoms with Gasteiger partial charge in [-0.05, 0) is 19.4 Å². The zero-order valence-electron chi connectivity index (χ0n) is 9.11. The van der Waals surface area contributed by atoms with Crippen LogP contribution in [-0.2, 0) is 0 Å². The largest absolute Gasteiger partial charge is 0.335 e. The van der Waals surface area contributed by atoms with Gasteiger partial charge in [0.05, 0.1) is 10.6 Å². The minimum atomic E-state index is -0.0400. The number of halogens is 1. The Hall–Kier alpha value is -1.35. The average Bonchev–Trinajstić information content (AvgIpc) is 2.30. The Labute approximate surface area is 99.7 Å². The first-order valence-electron chi connectivity index (χ1n) is 5.23. The molecule has 0 saturated heterocycles. The van der Waals surface area contributed by atoms with Gasteiger partial charge in [-0.3, -0.25) is 9.78 Å². The quantitative estimate of drug-likeness (QED) is 0.702. The van der Waals surface area contributed by atoms with Crippen molar-refractivity contribution in [2.24, 2.45) is 0 Å². The molecule has 0 bridgehead atoms. The summed E-state index contributed by atoms with van der Waals surface area (Å²) in [6.45, 7) is 3.50. The van der Waals surface area contributed by atoms with Crippen molar-refractivity contribution in [3.05, 3.63) is 40.7 Å². The van der Waals surface area contributed by atoms with Gasteiger partial charge in [-0.25, -0.2) is 0 Å². The molecule has 0 radical (unpaired) electrons. The number of hydrogen-bond acceptors (Lipinski definition) is 2. The highest BCUT2D eigenvalue weighted by molar-refractivity contribution is 6.33. The number of carbonyl (C=O) groups excluding carboxylic acids is 1. The Morgan fingerprint density at radius 1 is 1.56 bits per heavy atom. The Kier molecular flexibility index (Phi) is 3.25. The van der Waals surface area contributed by atoms with Crippen LogP contribution >= 0.6 is 11.6 Å². The van der Waals surface area contributed by atoms with Crippen molar-refractivity contribution in [3.8, 4) is 0 Å². The second-order valence-corrected chi connectivity index (χ2v) is 4.31. The molecule has 0 unspecified atom stereocenters. The number of aromatic nitrogens is 1. The average molecular weight is 237 g/mol. The summed E-state index contributed by atoms with van der Waals surface area (Å²) in [4.78, 5) is 17.8. The summed E-state index contributed by atoms with van der Waals surface area (Å²) in [6, 6.07) is 1.64. The van der Waals surface area contributed by atoms with Gasteiger partial charge in [0.25, 0.3) is 5.91 Å². The number of nitrogens with zero attached hydrogens (tertiary/aromatic N) is 2. The lowest BCUT2D eigenvalue weighted by atomic mass is 10.1. The lowest BCUT2D eigenvalue weighted by Crippen LogP contribution is -2.34. The molecule has 0 saturated carbocycles. The lowest BCUT2D eigenvalue weighted by Gasteiger charge is -2.25. The van der Waals surface area contributed by atoms with Crippen LogP contribution in [0.3, 0.4) is 0 Å². The normalized spacial score (nSPS) is 15.9. The van der Waals surface area contributed by atoms with Gasteiger partial charge in [0.2, 0.25) is 0 Å². The SMILES string of the molecule is CC1=CCN(C(=O)c2cnccc2Cl)CC1. The zero-order valence-corrected chi connectivity index (χ0v) is 9.87. The maximum atomic E-state index is 12.1. The summed E-state index contributed by atoms with van der Waals surface area (Å²) in [7, 11) is 0. The smallest absolute Gasteiger partial charge is 0.257 e. The van der Waals surface area contributed by atoms with Gasteiger partial charge in [0.15, 0.2) is 0 Å². The van der Waals surface area contributed by atoms with E-state index in [9.17, 15) is 4.79 Å². The molecule has 2 heterocycles. The molecule has 84 valence electrons. The number of amides is 1. The highest BCUT2D eigenvalue weighted by Gasteiger charge is 2.19. The summed E-state index contributed by atoms with van der Waals surface area (Å²) in [6.07, 6.45) is 6.12. The third kappa shape index (κ3) is 2.25. The summed E-state index contributed by atoms with van der Waals surface area (Å²) in [5.74, 6) is -0.0400. The van der Waals surface area contributed by atoms with E-state index < -0.39 is 0 Å². The minimum Gasteiger partial charge on any atom is -0.335 e. The maximum Gasteiger partial charge on any atom is 0.257 e. The van der Waals surface area contributed by atoms with E-state index in [0.717, 1.165) is 13.0 Å². The maximum absolute atomic E-state index is 12.1. The van der Waals surface area contributed by atoms with Crippen LogP contribution in [0.2, 0.25) is 5.02 Å². The van der Waals surface area contributed by atoms with Crippen LogP contribution in [0.1, 0.15) is 23.7 Å². The molecule has 1 aromatic rings. The van der Waals surface area contributed by atoms with Gasteiger partial charge in [-0.1, -0.05) is 23.3 Å². The Morgan fingerprint density at radius 2 is 2.38 bits per heavy atom. The summed E-state index contributed by atoms with van der Waals surface area (Å²) in [5, 5.41) is 0.464. The van der Waals surface area contributed by atoms with Gasteiger partial charge in [0, 0.05) is 25.5 Å². The first kappa shape index (κ1) is 11.1. The minimum absolute atomic E-state index is 0.0400. The molecule has 3 nitrogen and oxygen atoms in total. The molecule has 4 heteroatoms. The van der Waals surface area contributed by atoms with Crippen molar-refractivity contribution in [2.45, 2.75) is 13.3 Å². The third-order valence-corrected chi connectivity index (χ3v) is 3.05. The van der Waals surface area contributed by atoms with Crippen LogP contribution in [0, 0.1) is 0 Å². The molecule has 0 spiro atoms. The predicted octanol–water partition coefficient (Wildman–Crippen LogP) is 2.53. The molecule has 0 atom stereocenters. The fourth-order valence-electron chi connectivity index (χ4n) is 1.66. The van der Waals surface area contributed by atoms with Crippen LogP contribution < -0.4 is 0 Å². The van der Waals surface area contributed by atoms with E-state index in [0.29, 0.717) is 17.1 Å². The van der Waals surface area contributed by atoms with Crippen molar-refractivity contribution in [1.29, 1.82) is 0 Å². The van der Waals surface area contributed by atoms with Gasteiger partial charge in [-0.2, -0.15) is 0 Å². The monoisotopic (exact) mass is 236 g/mol. The molecule has 2 rings (SSSR count). The van der Waals surface area contributed by atoms with E-state index in [-0.39, 0.29) is 5.91 Å². The number of carbonyl (C=O) groups is 1. The molecule has 0 fully saturated rings. The van der Waals surface area contributed by atoms with Crippen molar-refractivity contribution in [3.63, 3.8) is 0 Å². The molecule has 1 amide bonds. The predicted molar refractivity (Wildman–Crippen MR) is 63.5 cm³/mol. The molecule has 1 aliphatic rings. The standard InChI is InChI=1S/C12H13ClN2O/c1-9-3-6-15(7-4-9)12(16)10-8-14-5-2-11(10)13/h2-3,5,8H,4,6-7H2,1H3. The van der Waals surface area contributed by atoms with Crippen molar-refractivity contribution in [1.82, 2.24) is 9.88 Å². The topological polar surface area (TPSA) is 33.2 Å². The van der Waals surface area contributed by atoms with Crippen LogP contribution in [0.5, 0.6) is 0 Å². The Morgan fingerprint density at radius 3 is 3.00 bits per heavy atom. The van der Waals surface area contributed by atoms with Crippen molar-refractivity contribution >= 4 is 17.5 Å². The second-order valence-electron chi connectivity index (χ2n) is 3.91. The number of hydrogen-bond donors (Lipinski definition) is 0. The van der Waals surface area contributed by atoms with Crippen LogP contribution in [-0.4, -0.2) is 28.9 Å². The van der Waals surface area contributed by atoms with Crippen LogP contribution in [0.4, 0.5) is 0 Å². The summed E-state index contributed by atoms with van der Waals surface area (Å²) in [5.41, 5.74) is 1.82. The summed E-state index contributed by atoms with van der Waals surface area (Å²) < 4.78 is 0. The van der Waals surface area contributed by atoms with Crippen molar-refractivity contribution < 1.29 is 4.79 Å². The van der Waals surface area contributed by atoms with Gasteiger partial charge in [0.1, 0.15) is 0 Å². The van der Waals surface area contributed by atoms with E-state index in [1.165, 1.54) is 11.8 Å². The molecule has 0 aromatic carbocycles. The van der Waals surface area contributed by atoms with Crippen LogP contribution in [0.15, 0.2) is 30.1 Å². The van der Waals surface area contributed by atoms with Gasteiger partial charge >= 0.3 is 0 Å². The van der Waals surface area contributed by atoms with E-state index in [2.05, 4.69) is 18.0 Å². The van der Waals surface area contributed by atoms with E-state index in [1.54, 1.807) is 17.2 Å². The molecular formula is C12H13ClN2O. The zero-order chi connectivity index (χ0) is 11.5. The summed E-state index contributed by atoms with van der Waals surface area (Å²) >= 11 is 5.96. The van der Waals surface area contributed by atoms with E-state index in [1.807, 2.05) is 0 Å². The second kappa shape index (κ2) is 4.66. The highest BCUT2D eigenvalue weighted by atomic mass is 35.5. The molecule has 0 aliphatic carbocycles. The Bertz CT molecular complexity index is 442. The molecule has 0 N–H and O–H groups in total. The molecule has 1 aliphatic heterocycles. The molecule has 16 heavy (non-hydrogen) atoms. The number of pyridine rings is 1. The van der Waals surface area contributed by atoms with Crippen molar-refractivity contribution in [2.75, 3.05) is 13.1 Å². The first-order valence-corrected chi connectivity index (χ1v) is 5.60. The van der Waals surface area contributed by atoms with Gasteiger partial charge in [-0.15, -0.1) is 0 Å². The van der Waals surface area contributed by atoms with Crippen LogP contribution in [0.25, 0.3) is 0 Å². The molecule has 1 aromatic heterocycles. The Balaban J connectivity index is 2.18. The first-order chi connectivity index (χ1) is 7.68. The molecular weight excluding hydrogens is 224 g/mol.